The van der Waals surface area contributed by atoms with E-state index in [2.05, 4.69) is 0 Å². The highest BCUT2D eigenvalue weighted by atomic mass is 19.1. The summed E-state index contributed by atoms with van der Waals surface area (Å²) in [5.41, 5.74) is 0.961. The first-order chi connectivity index (χ1) is 8.82. The summed E-state index contributed by atoms with van der Waals surface area (Å²) in [5.74, 6) is -0.280. The Hall–Kier alpha value is -1.52. The maximum atomic E-state index is 14.1. The van der Waals surface area contributed by atoms with Crippen molar-refractivity contribution in [1.29, 1.82) is 0 Å². The number of carbonyl (C=O) groups excluding carboxylic acids is 1. The lowest BCUT2D eigenvalue weighted by atomic mass is 9.86. The quantitative estimate of drug-likeness (QED) is 0.767. The van der Waals surface area contributed by atoms with Crippen molar-refractivity contribution in [2.45, 2.75) is 38.6 Å². The number of anilines is 1. The molecule has 1 amide bonds. The molecule has 5 heteroatoms. The molecule has 102 valence electrons. The van der Waals surface area contributed by atoms with E-state index < -0.39 is 6.09 Å². The van der Waals surface area contributed by atoms with Gasteiger partial charge in [0.1, 0.15) is 19.8 Å². The molecule has 0 radical (unpaired) electrons. The van der Waals surface area contributed by atoms with Gasteiger partial charge in [-0.15, -0.1) is 0 Å². The molecular weight excluding hydrogens is 244 g/mol. The Kier molecular flexibility index (Phi) is 3.57. The third kappa shape index (κ3) is 2.75. The fourth-order valence-electron chi connectivity index (χ4n) is 2.23. The third-order valence-electron chi connectivity index (χ3n) is 3.40. The predicted molar refractivity (Wildman–Crippen MR) is 76.1 cm³/mol. The molecule has 1 fully saturated rings. The standard InChI is InChI=1S/C14H19BFNO2/c1-14(2,3)11-5-4-9(6-12(11)16)17-8-10(7-15)19-13(17)18/h4-6,10H,7-8,15H2,1-3H3. The van der Waals surface area contributed by atoms with Gasteiger partial charge in [0.05, 0.1) is 12.2 Å². The van der Waals surface area contributed by atoms with Crippen LogP contribution in [0.4, 0.5) is 14.9 Å². The highest BCUT2D eigenvalue weighted by molar-refractivity contribution is 6.09. The van der Waals surface area contributed by atoms with Gasteiger partial charge >= 0.3 is 6.09 Å². The van der Waals surface area contributed by atoms with E-state index in [4.69, 9.17) is 4.74 Å². The number of carbonyl (C=O) groups is 1. The smallest absolute Gasteiger partial charge is 0.414 e. The lowest BCUT2D eigenvalue weighted by Crippen LogP contribution is -2.25. The zero-order valence-electron chi connectivity index (χ0n) is 11.9. The fourth-order valence-corrected chi connectivity index (χ4v) is 2.23. The Morgan fingerprint density at radius 2 is 2.16 bits per heavy atom. The number of ether oxygens (including phenoxy) is 1. The molecule has 1 atom stereocenters. The second-order valence-corrected chi connectivity index (χ2v) is 5.94. The van der Waals surface area contributed by atoms with Crippen LogP contribution in [-0.4, -0.2) is 26.6 Å². The summed E-state index contributed by atoms with van der Waals surface area (Å²) >= 11 is 0. The number of rotatable bonds is 2. The maximum Gasteiger partial charge on any atom is 0.414 e. The molecule has 19 heavy (non-hydrogen) atoms. The van der Waals surface area contributed by atoms with Crippen LogP contribution in [0.3, 0.4) is 0 Å². The molecule has 2 rings (SSSR count). The molecule has 1 aliphatic rings. The molecule has 1 aromatic rings. The van der Waals surface area contributed by atoms with Crippen molar-refractivity contribution in [3.8, 4) is 0 Å². The summed E-state index contributed by atoms with van der Waals surface area (Å²) in [7, 11) is 1.96. The van der Waals surface area contributed by atoms with E-state index in [9.17, 15) is 9.18 Å². The summed E-state index contributed by atoms with van der Waals surface area (Å²) < 4.78 is 19.3. The summed E-state index contributed by atoms with van der Waals surface area (Å²) in [6, 6.07) is 4.94. The number of nitrogens with zero attached hydrogens (tertiary/aromatic N) is 1. The average Bonchev–Trinajstić information content (AvgIpc) is 2.68. The minimum atomic E-state index is -0.394. The summed E-state index contributed by atoms with van der Waals surface area (Å²) in [5, 5.41) is 0. The van der Waals surface area contributed by atoms with Gasteiger partial charge in [0, 0.05) is 0 Å². The molecular formula is C14H19BFNO2. The summed E-state index contributed by atoms with van der Waals surface area (Å²) in [6.45, 7) is 6.37. The van der Waals surface area contributed by atoms with Gasteiger partial charge in [0.25, 0.3) is 0 Å². The van der Waals surface area contributed by atoms with E-state index in [1.54, 1.807) is 12.1 Å². The number of hydrogen-bond acceptors (Lipinski definition) is 2. The third-order valence-corrected chi connectivity index (χ3v) is 3.40. The molecule has 0 saturated carbocycles. The summed E-state index contributed by atoms with van der Waals surface area (Å²) in [6.07, 6.45) is 0.276. The highest BCUT2D eigenvalue weighted by Gasteiger charge is 2.31. The lowest BCUT2D eigenvalue weighted by molar-refractivity contribution is 0.150. The second kappa shape index (κ2) is 4.87. The van der Waals surface area contributed by atoms with Crippen molar-refractivity contribution in [2.24, 2.45) is 0 Å². The van der Waals surface area contributed by atoms with Crippen molar-refractivity contribution in [3.63, 3.8) is 0 Å². The van der Waals surface area contributed by atoms with Crippen molar-refractivity contribution >= 4 is 19.6 Å². The largest absolute Gasteiger partial charge is 0.445 e. The summed E-state index contributed by atoms with van der Waals surface area (Å²) in [4.78, 5) is 13.2. The normalized spacial score (nSPS) is 19.7. The van der Waals surface area contributed by atoms with Gasteiger partial charge in [0.15, 0.2) is 0 Å². The van der Waals surface area contributed by atoms with E-state index in [1.807, 2.05) is 28.6 Å². The van der Waals surface area contributed by atoms with Gasteiger partial charge in [-0.25, -0.2) is 9.18 Å². The van der Waals surface area contributed by atoms with Crippen LogP contribution in [0.25, 0.3) is 0 Å². The van der Waals surface area contributed by atoms with Crippen LogP contribution in [0.15, 0.2) is 18.2 Å². The fraction of sp³-hybridized carbons (Fsp3) is 0.500. The topological polar surface area (TPSA) is 29.5 Å². The number of halogens is 1. The first-order valence-electron chi connectivity index (χ1n) is 6.61. The van der Waals surface area contributed by atoms with Gasteiger partial charge < -0.3 is 4.74 Å². The molecule has 0 spiro atoms. The van der Waals surface area contributed by atoms with Gasteiger partial charge in [-0.1, -0.05) is 26.8 Å². The highest BCUT2D eigenvalue weighted by Crippen LogP contribution is 2.30. The molecule has 0 N–H and O–H groups in total. The Balaban J connectivity index is 2.28. The SMILES string of the molecule is BCC1CN(c2ccc(C(C)(C)C)c(F)c2)C(=O)O1. The molecule has 1 heterocycles. The van der Waals surface area contributed by atoms with Crippen molar-refractivity contribution in [1.82, 2.24) is 0 Å². The van der Waals surface area contributed by atoms with Gasteiger partial charge in [-0.3, -0.25) is 4.90 Å². The van der Waals surface area contributed by atoms with E-state index >= 15 is 0 Å². The van der Waals surface area contributed by atoms with Crippen molar-refractivity contribution < 1.29 is 13.9 Å². The molecule has 0 aromatic heterocycles. The number of hydrogen-bond donors (Lipinski definition) is 0. The van der Waals surface area contributed by atoms with Crippen LogP contribution < -0.4 is 4.90 Å². The molecule has 1 unspecified atom stereocenters. The average molecular weight is 263 g/mol. The van der Waals surface area contributed by atoms with Gasteiger partial charge in [0.2, 0.25) is 0 Å². The molecule has 1 aliphatic heterocycles. The van der Waals surface area contributed by atoms with Crippen LogP contribution in [0, 0.1) is 5.82 Å². The number of amides is 1. The monoisotopic (exact) mass is 263 g/mol. The minimum Gasteiger partial charge on any atom is -0.445 e. The first-order valence-corrected chi connectivity index (χ1v) is 6.61. The van der Waals surface area contributed by atoms with Crippen LogP contribution in [0.5, 0.6) is 0 Å². The van der Waals surface area contributed by atoms with Crippen LogP contribution >= 0.6 is 0 Å². The Morgan fingerprint density at radius 1 is 1.47 bits per heavy atom. The van der Waals surface area contributed by atoms with E-state index in [0.717, 1.165) is 6.32 Å². The van der Waals surface area contributed by atoms with E-state index in [-0.39, 0.29) is 17.3 Å². The van der Waals surface area contributed by atoms with Crippen molar-refractivity contribution in [2.75, 3.05) is 11.4 Å². The Labute approximate surface area is 114 Å². The molecule has 0 aliphatic carbocycles. The first kappa shape index (κ1) is 13.9. The molecule has 0 bridgehead atoms. The zero-order valence-corrected chi connectivity index (χ0v) is 11.9. The number of benzene rings is 1. The van der Waals surface area contributed by atoms with Crippen LogP contribution in [0.1, 0.15) is 26.3 Å². The van der Waals surface area contributed by atoms with Gasteiger partial charge in [-0.2, -0.15) is 0 Å². The molecule has 1 aromatic carbocycles. The minimum absolute atomic E-state index is 0.0992. The van der Waals surface area contributed by atoms with Gasteiger partial charge in [-0.05, 0) is 29.4 Å². The Bertz CT molecular complexity index is 499. The van der Waals surface area contributed by atoms with Crippen LogP contribution in [0.2, 0.25) is 6.32 Å². The lowest BCUT2D eigenvalue weighted by Gasteiger charge is -2.21. The number of cyclic esters (lactones) is 1. The zero-order chi connectivity index (χ0) is 14.2. The Morgan fingerprint density at radius 3 is 2.63 bits per heavy atom. The van der Waals surface area contributed by atoms with Crippen molar-refractivity contribution in [3.05, 3.63) is 29.6 Å². The van der Waals surface area contributed by atoms with E-state index in [1.165, 1.54) is 11.0 Å². The molecule has 3 nitrogen and oxygen atoms in total. The molecule has 1 saturated heterocycles. The second-order valence-electron chi connectivity index (χ2n) is 5.94. The van der Waals surface area contributed by atoms with Crippen LogP contribution in [-0.2, 0) is 10.2 Å². The van der Waals surface area contributed by atoms with E-state index in [0.29, 0.717) is 17.8 Å². The predicted octanol–water partition coefficient (Wildman–Crippen LogP) is 2.50. The maximum absolute atomic E-state index is 14.1.